The van der Waals surface area contributed by atoms with E-state index in [1.807, 2.05) is 0 Å². The third-order valence-corrected chi connectivity index (χ3v) is 5.96. The van der Waals surface area contributed by atoms with Crippen molar-refractivity contribution in [2.24, 2.45) is 0 Å². The predicted octanol–water partition coefficient (Wildman–Crippen LogP) is 4.50. The smallest absolute Gasteiger partial charge is 0.267 e. The Morgan fingerprint density at radius 3 is 2.53 bits per heavy atom. The van der Waals surface area contributed by atoms with Crippen molar-refractivity contribution >= 4 is 22.7 Å². The first-order chi connectivity index (χ1) is 15.3. The van der Waals surface area contributed by atoms with E-state index in [4.69, 9.17) is 0 Å². The summed E-state index contributed by atoms with van der Waals surface area (Å²) in [5.74, 6) is -4.47. The van der Waals surface area contributed by atoms with E-state index in [0.29, 0.717) is 30.5 Å². The van der Waals surface area contributed by atoms with Gasteiger partial charge in [0.25, 0.3) is 17.7 Å². The number of alkyl halides is 2. The minimum absolute atomic E-state index is 0.0291. The second kappa shape index (κ2) is 8.68. The Kier molecular flexibility index (Phi) is 5.95. The van der Waals surface area contributed by atoms with E-state index in [2.05, 4.69) is 10.6 Å². The van der Waals surface area contributed by atoms with Crippen molar-refractivity contribution in [3.05, 3.63) is 71.2 Å². The number of hydrogen-bond donors (Lipinski definition) is 2. The quantitative estimate of drug-likeness (QED) is 0.610. The van der Waals surface area contributed by atoms with Gasteiger partial charge in [0, 0.05) is 37.2 Å². The summed E-state index contributed by atoms with van der Waals surface area (Å²) in [6, 6.07) is 10.1. The Bertz CT molecular complexity index is 1160. The first-order valence-corrected chi connectivity index (χ1v) is 10.6. The first-order valence-electron chi connectivity index (χ1n) is 10.6. The highest BCUT2D eigenvalue weighted by molar-refractivity contribution is 6.07. The van der Waals surface area contributed by atoms with Crippen molar-refractivity contribution in [3.63, 3.8) is 0 Å². The molecule has 2 N–H and O–H groups in total. The highest BCUT2D eigenvalue weighted by atomic mass is 19.3. The van der Waals surface area contributed by atoms with E-state index < -0.39 is 23.7 Å². The number of benzene rings is 2. The van der Waals surface area contributed by atoms with E-state index in [0.717, 1.165) is 5.56 Å². The molecule has 8 heteroatoms. The van der Waals surface area contributed by atoms with E-state index in [1.54, 1.807) is 48.0 Å². The number of nitrogens with zero attached hydrogens (tertiary/aromatic N) is 1. The molecule has 1 aliphatic rings. The van der Waals surface area contributed by atoms with E-state index in [-0.39, 0.29) is 29.7 Å². The lowest BCUT2D eigenvalue weighted by molar-refractivity contribution is -0.0609. The van der Waals surface area contributed by atoms with Crippen molar-refractivity contribution < 1.29 is 22.8 Å². The number of carbonyl (C=O) groups is 2. The minimum atomic E-state index is -2.97. The molecular formula is C24H24F3N3O2. The maximum absolute atomic E-state index is 14.7. The van der Waals surface area contributed by atoms with Gasteiger partial charge in [-0.25, -0.2) is 13.2 Å². The molecule has 0 spiro atoms. The molecule has 0 bridgehead atoms. The monoisotopic (exact) mass is 443 g/mol. The summed E-state index contributed by atoms with van der Waals surface area (Å²) in [5.41, 5.74) is 1.86. The molecule has 1 aromatic heterocycles. The van der Waals surface area contributed by atoms with Gasteiger partial charge in [-0.3, -0.25) is 9.59 Å². The summed E-state index contributed by atoms with van der Waals surface area (Å²) in [6.45, 7) is 0.320. The molecule has 1 unspecified atom stereocenters. The maximum Gasteiger partial charge on any atom is 0.267 e. The fourth-order valence-electron chi connectivity index (χ4n) is 4.22. The number of halogens is 3. The van der Waals surface area contributed by atoms with Crippen LogP contribution in [0.25, 0.3) is 10.9 Å². The van der Waals surface area contributed by atoms with Crippen LogP contribution in [0.1, 0.15) is 52.0 Å². The first kappa shape index (κ1) is 21.9. The normalized spacial score (nSPS) is 17.8. The van der Waals surface area contributed by atoms with Crippen LogP contribution in [-0.2, 0) is 6.54 Å². The van der Waals surface area contributed by atoms with Crippen LogP contribution in [0.2, 0.25) is 0 Å². The Morgan fingerprint density at radius 1 is 1.09 bits per heavy atom. The molecular weight excluding hydrogens is 419 g/mol. The van der Waals surface area contributed by atoms with E-state index in [9.17, 15) is 22.8 Å². The number of hydrogen-bond acceptors (Lipinski definition) is 2. The second-order valence-electron chi connectivity index (χ2n) is 8.11. The van der Waals surface area contributed by atoms with Crippen molar-refractivity contribution in [1.82, 2.24) is 15.2 Å². The van der Waals surface area contributed by atoms with Crippen LogP contribution in [0, 0.1) is 5.82 Å². The van der Waals surface area contributed by atoms with Crippen LogP contribution in [0.15, 0.2) is 48.7 Å². The summed E-state index contributed by atoms with van der Waals surface area (Å²) < 4.78 is 44.8. The molecule has 1 saturated carbocycles. The average molecular weight is 443 g/mol. The van der Waals surface area contributed by atoms with Crippen LogP contribution < -0.4 is 10.6 Å². The lowest BCUT2D eigenvalue weighted by Crippen LogP contribution is -2.49. The maximum atomic E-state index is 14.7. The van der Waals surface area contributed by atoms with E-state index in [1.165, 1.54) is 12.3 Å². The molecule has 0 saturated heterocycles. The molecule has 0 aliphatic heterocycles. The Balaban J connectivity index is 1.64. The molecule has 1 atom stereocenters. The summed E-state index contributed by atoms with van der Waals surface area (Å²) in [6.07, 6.45) is 2.46. The fraction of sp³-hybridized carbons (Fsp3) is 0.333. The zero-order valence-electron chi connectivity index (χ0n) is 17.6. The largest absolute Gasteiger partial charge is 0.355 e. The van der Waals surface area contributed by atoms with Gasteiger partial charge in [0.05, 0.1) is 17.1 Å². The topological polar surface area (TPSA) is 63.1 Å². The average Bonchev–Trinajstić information content (AvgIpc) is 3.15. The van der Waals surface area contributed by atoms with Crippen LogP contribution in [0.3, 0.4) is 0 Å². The second-order valence-corrected chi connectivity index (χ2v) is 8.11. The molecule has 2 aromatic carbocycles. The lowest BCUT2D eigenvalue weighted by Gasteiger charge is -2.31. The van der Waals surface area contributed by atoms with Gasteiger partial charge in [-0.05, 0) is 42.7 Å². The van der Waals surface area contributed by atoms with Crippen molar-refractivity contribution in [1.29, 1.82) is 0 Å². The number of amides is 2. The Labute approximate surface area is 183 Å². The number of rotatable bonds is 5. The highest BCUT2D eigenvalue weighted by Crippen LogP contribution is 2.34. The molecule has 0 radical (unpaired) electrons. The molecule has 1 fully saturated rings. The van der Waals surface area contributed by atoms with E-state index >= 15 is 0 Å². The van der Waals surface area contributed by atoms with Crippen molar-refractivity contribution in [3.8, 4) is 0 Å². The SMILES string of the molecule is CNC(=O)c1ccc(Cn2cc(C(=O)NC3CCCCC3(F)F)c3c(F)cccc32)cc1. The number of carbonyl (C=O) groups excluding carboxylic acids is 2. The third-order valence-electron chi connectivity index (χ3n) is 5.96. The van der Waals surface area contributed by atoms with Gasteiger partial charge in [-0.1, -0.05) is 24.6 Å². The van der Waals surface area contributed by atoms with Crippen LogP contribution in [0.5, 0.6) is 0 Å². The predicted molar refractivity (Wildman–Crippen MR) is 115 cm³/mol. The number of nitrogens with one attached hydrogen (secondary N) is 2. The van der Waals surface area contributed by atoms with Gasteiger partial charge in [0.1, 0.15) is 5.82 Å². The molecule has 4 rings (SSSR count). The summed E-state index contributed by atoms with van der Waals surface area (Å²) in [4.78, 5) is 24.6. The summed E-state index contributed by atoms with van der Waals surface area (Å²) in [7, 11) is 1.55. The highest BCUT2D eigenvalue weighted by Gasteiger charge is 2.42. The molecule has 32 heavy (non-hydrogen) atoms. The molecule has 1 heterocycles. The molecule has 5 nitrogen and oxygen atoms in total. The fourth-order valence-corrected chi connectivity index (χ4v) is 4.22. The van der Waals surface area contributed by atoms with Gasteiger partial charge < -0.3 is 15.2 Å². The summed E-state index contributed by atoms with van der Waals surface area (Å²) in [5, 5.41) is 5.09. The van der Waals surface area contributed by atoms with Crippen LogP contribution in [0.4, 0.5) is 13.2 Å². The summed E-state index contributed by atoms with van der Waals surface area (Å²) >= 11 is 0. The zero-order chi connectivity index (χ0) is 22.9. The third kappa shape index (κ3) is 4.22. The van der Waals surface area contributed by atoms with Gasteiger partial charge in [-0.15, -0.1) is 0 Å². The van der Waals surface area contributed by atoms with Crippen LogP contribution >= 0.6 is 0 Å². The molecule has 1 aliphatic carbocycles. The number of fused-ring (bicyclic) bond motifs is 1. The molecule has 3 aromatic rings. The number of aromatic nitrogens is 1. The van der Waals surface area contributed by atoms with Crippen molar-refractivity contribution in [2.45, 2.75) is 44.2 Å². The molecule has 2 amide bonds. The van der Waals surface area contributed by atoms with Crippen molar-refractivity contribution in [2.75, 3.05) is 7.05 Å². The van der Waals surface area contributed by atoms with Gasteiger partial charge >= 0.3 is 0 Å². The van der Waals surface area contributed by atoms with Gasteiger partial charge in [-0.2, -0.15) is 0 Å². The zero-order valence-corrected chi connectivity index (χ0v) is 17.6. The molecule has 168 valence electrons. The Hall–Kier alpha value is -3.29. The van der Waals surface area contributed by atoms with Gasteiger partial charge in [0.15, 0.2) is 0 Å². The van der Waals surface area contributed by atoms with Crippen LogP contribution in [-0.4, -0.2) is 35.4 Å². The minimum Gasteiger partial charge on any atom is -0.355 e. The standard InChI is InChI=1S/C24H24F3N3O2/c1-28-22(31)16-10-8-15(9-11-16)13-30-14-17(21-18(25)5-4-6-19(21)30)23(32)29-20-7-2-3-12-24(20,26)27/h4-6,8-11,14,20H,2-3,7,12-13H2,1H3,(H,28,31)(H,29,32). The lowest BCUT2D eigenvalue weighted by atomic mass is 9.91. The van der Waals surface area contributed by atoms with Gasteiger partial charge in [0.2, 0.25) is 0 Å². The Morgan fingerprint density at radius 2 is 1.84 bits per heavy atom.